The maximum absolute atomic E-state index is 12.6. The number of carbonyl (C=O) groups is 2. The molecule has 0 aliphatic carbocycles. The van der Waals surface area contributed by atoms with Crippen LogP contribution in [0.5, 0.6) is 0 Å². The first-order chi connectivity index (χ1) is 12.0. The van der Waals surface area contributed by atoms with Gasteiger partial charge >= 0.3 is 12.0 Å². The van der Waals surface area contributed by atoms with Gasteiger partial charge in [-0.2, -0.15) is 12.6 Å². The molecule has 1 aromatic carbocycles. The minimum absolute atomic E-state index is 0.0290. The molecule has 7 heteroatoms. The smallest absolute Gasteiger partial charge is 0.317 e. The van der Waals surface area contributed by atoms with Crippen LogP contribution in [0.1, 0.15) is 18.9 Å². The van der Waals surface area contributed by atoms with Gasteiger partial charge in [0.25, 0.3) is 0 Å². The molecule has 1 heterocycles. The Morgan fingerprint density at radius 2 is 2.04 bits per heavy atom. The molecule has 6 nitrogen and oxygen atoms in total. The summed E-state index contributed by atoms with van der Waals surface area (Å²) >= 11 is 4.37. The van der Waals surface area contributed by atoms with Gasteiger partial charge < -0.3 is 15.3 Å². The molecule has 0 bridgehead atoms. The molecule has 2 amide bonds. The second kappa shape index (κ2) is 9.68. The summed E-state index contributed by atoms with van der Waals surface area (Å²) in [4.78, 5) is 27.3. The summed E-state index contributed by atoms with van der Waals surface area (Å²) in [7, 11) is 0. The fraction of sp³-hybridized carbons (Fsp3) is 0.556. The lowest BCUT2D eigenvalue weighted by atomic mass is 10.1. The first-order valence-corrected chi connectivity index (χ1v) is 9.32. The maximum Gasteiger partial charge on any atom is 0.317 e. The Morgan fingerprint density at radius 1 is 1.32 bits per heavy atom. The highest BCUT2D eigenvalue weighted by Gasteiger charge is 2.30. The van der Waals surface area contributed by atoms with E-state index in [2.05, 4.69) is 17.9 Å². The van der Waals surface area contributed by atoms with E-state index in [-0.39, 0.29) is 24.7 Å². The van der Waals surface area contributed by atoms with E-state index in [1.807, 2.05) is 42.2 Å². The zero-order chi connectivity index (χ0) is 18.2. The lowest BCUT2D eigenvalue weighted by Gasteiger charge is -2.40. The Kier molecular flexibility index (Phi) is 7.58. The molecule has 2 rings (SSSR count). The molecule has 0 saturated carbocycles. The van der Waals surface area contributed by atoms with Crippen LogP contribution in [0.4, 0.5) is 4.79 Å². The quantitative estimate of drug-likeness (QED) is 0.644. The van der Waals surface area contributed by atoms with Crippen molar-refractivity contribution in [3.63, 3.8) is 0 Å². The van der Waals surface area contributed by atoms with E-state index in [1.165, 1.54) is 5.56 Å². The van der Waals surface area contributed by atoms with Crippen molar-refractivity contribution in [1.29, 1.82) is 0 Å². The number of urea groups is 1. The molecule has 2 N–H and O–H groups in total. The van der Waals surface area contributed by atoms with E-state index in [0.717, 1.165) is 12.8 Å². The number of piperazine rings is 1. The lowest BCUT2D eigenvalue weighted by Crippen LogP contribution is -2.58. The number of aliphatic carboxylic acids is 1. The van der Waals surface area contributed by atoms with Crippen molar-refractivity contribution < 1.29 is 14.7 Å². The molecule has 1 fully saturated rings. The zero-order valence-corrected chi connectivity index (χ0v) is 15.5. The number of nitrogens with zero attached hydrogens (tertiary/aromatic N) is 2. The van der Waals surface area contributed by atoms with Crippen LogP contribution in [0, 0.1) is 0 Å². The van der Waals surface area contributed by atoms with E-state index >= 15 is 0 Å². The molecule has 0 radical (unpaired) electrons. The summed E-state index contributed by atoms with van der Waals surface area (Å²) in [5, 5.41) is 12.1. The van der Waals surface area contributed by atoms with Crippen LogP contribution in [0.3, 0.4) is 0 Å². The summed E-state index contributed by atoms with van der Waals surface area (Å²) < 4.78 is 0. The van der Waals surface area contributed by atoms with Gasteiger partial charge in [-0.15, -0.1) is 0 Å². The van der Waals surface area contributed by atoms with Crippen molar-refractivity contribution in [3.8, 4) is 0 Å². The Labute approximate surface area is 154 Å². The number of carboxylic acids is 1. The van der Waals surface area contributed by atoms with Gasteiger partial charge in [0, 0.05) is 37.5 Å². The highest BCUT2D eigenvalue weighted by Crippen LogP contribution is 2.13. The molecule has 1 aliphatic rings. The number of benzene rings is 1. The van der Waals surface area contributed by atoms with E-state index < -0.39 is 5.97 Å². The van der Waals surface area contributed by atoms with Crippen LogP contribution in [0.15, 0.2) is 30.3 Å². The lowest BCUT2D eigenvalue weighted by molar-refractivity contribution is -0.139. The topological polar surface area (TPSA) is 72.9 Å². The highest BCUT2D eigenvalue weighted by atomic mass is 32.1. The van der Waals surface area contributed by atoms with Crippen molar-refractivity contribution in [3.05, 3.63) is 35.9 Å². The van der Waals surface area contributed by atoms with Crippen LogP contribution < -0.4 is 5.32 Å². The Hall–Kier alpha value is -1.73. The first kappa shape index (κ1) is 19.6. The standard InChI is InChI=1S/C18H27N3O3S/c1-2-16-11-21(9-8-20(16)12-17(22)23)18(24)19-15(13-25)10-14-6-4-3-5-7-14/h3-7,15-16,25H,2,8-13H2,1H3,(H,19,24)(H,22,23). The van der Waals surface area contributed by atoms with Crippen molar-refractivity contribution >= 4 is 24.6 Å². The summed E-state index contributed by atoms with van der Waals surface area (Å²) in [5.41, 5.74) is 1.17. The minimum atomic E-state index is -0.825. The number of carbonyl (C=O) groups excluding carboxylic acids is 1. The number of amides is 2. The van der Waals surface area contributed by atoms with Gasteiger partial charge in [0.2, 0.25) is 0 Å². The summed E-state index contributed by atoms with van der Waals surface area (Å²) in [5.74, 6) is -0.258. The zero-order valence-electron chi connectivity index (χ0n) is 14.6. The van der Waals surface area contributed by atoms with Gasteiger partial charge in [-0.1, -0.05) is 37.3 Å². The fourth-order valence-electron chi connectivity index (χ4n) is 3.17. The summed E-state index contributed by atoms with van der Waals surface area (Å²) in [6.07, 6.45) is 1.56. The van der Waals surface area contributed by atoms with Gasteiger partial charge in [0.05, 0.1) is 6.54 Å². The molecule has 138 valence electrons. The molecule has 1 aromatic rings. The summed E-state index contributed by atoms with van der Waals surface area (Å²) in [6, 6.07) is 9.98. The maximum atomic E-state index is 12.6. The largest absolute Gasteiger partial charge is 0.480 e. The predicted octanol–water partition coefficient (Wildman–Crippen LogP) is 1.72. The van der Waals surface area contributed by atoms with Crippen LogP contribution in [0.25, 0.3) is 0 Å². The summed E-state index contributed by atoms with van der Waals surface area (Å²) in [6.45, 7) is 3.73. The molecule has 1 aliphatic heterocycles. The number of hydrogen-bond acceptors (Lipinski definition) is 4. The predicted molar refractivity (Wildman–Crippen MR) is 101 cm³/mol. The number of thiol groups is 1. The van der Waals surface area contributed by atoms with Crippen LogP contribution >= 0.6 is 12.6 Å². The Bertz CT molecular complexity index is 570. The average molecular weight is 365 g/mol. The molecule has 0 spiro atoms. The van der Waals surface area contributed by atoms with Crippen molar-refractivity contribution in [2.24, 2.45) is 0 Å². The van der Waals surface area contributed by atoms with Gasteiger partial charge in [-0.3, -0.25) is 9.69 Å². The number of rotatable bonds is 7. The first-order valence-electron chi connectivity index (χ1n) is 8.69. The van der Waals surface area contributed by atoms with E-state index in [1.54, 1.807) is 4.90 Å². The van der Waals surface area contributed by atoms with E-state index in [9.17, 15) is 9.59 Å². The average Bonchev–Trinajstić information content (AvgIpc) is 2.61. The van der Waals surface area contributed by atoms with E-state index in [0.29, 0.717) is 25.4 Å². The third-order valence-corrected chi connectivity index (χ3v) is 5.02. The van der Waals surface area contributed by atoms with Crippen molar-refractivity contribution in [1.82, 2.24) is 15.1 Å². The highest BCUT2D eigenvalue weighted by molar-refractivity contribution is 7.80. The number of nitrogens with one attached hydrogen (secondary N) is 1. The normalized spacial score (nSPS) is 19.4. The monoisotopic (exact) mass is 365 g/mol. The minimum Gasteiger partial charge on any atom is -0.480 e. The van der Waals surface area contributed by atoms with Crippen LogP contribution in [0.2, 0.25) is 0 Å². The second-order valence-electron chi connectivity index (χ2n) is 6.39. The molecule has 2 unspecified atom stereocenters. The van der Waals surface area contributed by atoms with Gasteiger partial charge in [0.15, 0.2) is 0 Å². The second-order valence-corrected chi connectivity index (χ2v) is 6.76. The fourth-order valence-corrected chi connectivity index (χ4v) is 3.39. The molecule has 2 atom stereocenters. The Balaban J connectivity index is 1.90. The van der Waals surface area contributed by atoms with E-state index in [4.69, 9.17) is 5.11 Å². The van der Waals surface area contributed by atoms with Gasteiger partial charge in [0.1, 0.15) is 0 Å². The van der Waals surface area contributed by atoms with Crippen LogP contribution in [-0.4, -0.2) is 70.9 Å². The van der Waals surface area contributed by atoms with Crippen LogP contribution in [-0.2, 0) is 11.2 Å². The SMILES string of the molecule is CCC1CN(C(=O)NC(CS)Cc2ccccc2)CCN1CC(=O)O. The molecule has 25 heavy (non-hydrogen) atoms. The van der Waals surface area contributed by atoms with Crippen molar-refractivity contribution in [2.45, 2.75) is 31.8 Å². The van der Waals surface area contributed by atoms with Crippen molar-refractivity contribution in [2.75, 3.05) is 31.9 Å². The molecule has 0 aromatic heterocycles. The molecular weight excluding hydrogens is 338 g/mol. The molecular formula is C18H27N3O3S. The third-order valence-electron chi connectivity index (χ3n) is 4.57. The van der Waals surface area contributed by atoms with Gasteiger partial charge in [-0.25, -0.2) is 4.79 Å². The molecule has 1 saturated heterocycles. The third kappa shape index (κ3) is 5.93. The number of carboxylic acid groups (broad SMARTS) is 1. The Morgan fingerprint density at radius 3 is 2.64 bits per heavy atom. The van der Waals surface area contributed by atoms with Gasteiger partial charge in [-0.05, 0) is 18.4 Å². The number of hydrogen-bond donors (Lipinski definition) is 3.